The molecule has 4 N–H and O–H groups in total. The number of methoxy groups -OCH3 is 1. The molecule has 0 bridgehead atoms. The van der Waals surface area contributed by atoms with Crippen molar-refractivity contribution in [2.75, 3.05) is 7.11 Å². The first-order valence-corrected chi connectivity index (χ1v) is 3.56. The molecule has 1 aromatic carbocycles. The molecule has 1 rings (SSSR count). The Morgan fingerprint density at radius 3 is 2.69 bits per heavy atom. The molecule has 70 valence electrons. The first-order valence-electron chi connectivity index (χ1n) is 3.56. The molecule has 5 heteroatoms. The molecule has 0 saturated carbocycles. The Labute approximate surface area is 75.0 Å². The highest BCUT2D eigenvalue weighted by Gasteiger charge is 2.06. The van der Waals surface area contributed by atoms with Crippen molar-refractivity contribution in [3.63, 3.8) is 0 Å². The van der Waals surface area contributed by atoms with Crippen molar-refractivity contribution in [1.29, 1.82) is 0 Å². The average Bonchev–Trinajstić information content (AvgIpc) is 2.16. The summed E-state index contributed by atoms with van der Waals surface area (Å²) in [7, 11) is 1.45. The summed E-state index contributed by atoms with van der Waals surface area (Å²) >= 11 is 0. The Balaban J connectivity index is 3.12. The second-order valence-electron chi connectivity index (χ2n) is 2.36. The van der Waals surface area contributed by atoms with E-state index in [4.69, 9.17) is 16.3 Å². The largest absolute Gasteiger partial charge is 0.497 e. The Bertz CT molecular complexity index is 338. The fraction of sp³-hybridized carbons (Fsp3) is 0.125. The molecule has 0 aromatic heterocycles. The van der Waals surface area contributed by atoms with E-state index in [1.807, 2.05) is 0 Å². The predicted molar refractivity (Wildman–Crippen MR) is 47.9 cm³/mol. The quantitative estimate of drug-likeness (QED) is 0.302. The van der Waals surface area contributed by atoms with Crippen molar-refractivity contribution < 1.29 is 9.13 Å². The van der Waals surface area contributed by atoms with Crippen LogP contribution in [0.2, 0.25) is 0 Å². The van der Waals surface area contributed by atoms with Crippen LogP contribution in [0, 0.1) is 5.82 Å². The SMILES string of the molecule is COc1ccc(/C(N)=N/N)c(F)c1. The van der Waals surface area contributed by atoms with Crippen molar-refractivity contribution in [2.24, 2.45) is 16.7 Å². The maximum Gasteiger partial charge on any atom is 0.153 e. The number of benzene rings is 1. The van der Waals surface area contributed by atoms with Crippen molar-refractivity contribution in [3.05, 3.63) is 29.6 Å². The molecule has 0 saturated heterocycles. The number of ether oxygens (including phenoxy) is 1. The van der Waals surface area contributed by atoms with Gasteiger partial charge >= 0.3 is 0 Å². The highest BCUT2D eigenvalue weighted by Crippen LogP contribution is 2.15. The summed E-state index contributed by atoms with van der Waals surface area (Å²) in [6.45, 7) is 0. The normalized spacial score (nSPS) is 11.4. The average molecular weight is 183 g/mol. The molecule has 0 fully saturated rings. The van der Waals surface area contributed by atoms with Crippen molar-refractivity contribution in [3.8, 4) is 5.75 Å². The van der Waals surface area contributed by atoms with Gasteiger partial charge in [0.05, 0.1) is 12.7 Å². The fourth-order valence-corrected chi connectivity index (χ4v) is 0.900. The van der Waals surface area contributed by atoms with E-state index >= 15 is 0 Å². The summed E-state index contributed by atoms with van der Waals surface area (Å²) in [5, 5.41) is 3.19. The van der Waals surface area contributed by atoms with Gasteiger partial charge in [0, 0.05) is 6.07 Å². The third kappa shape index (κ3) is 1.87. The molecule has 0 radical (unpaired) electrons. The van der Waals surface area contributed by atoms with Crippen molar-refractivity contribution in [1.82, 2.24) is 0 Å². The molecule has 0 aliphatic rings. The van der Waals surface area contributed by atoms with E-state index < -0.39 is 5.82 Å². The number of hydrazone groups is 1. The molecular weight excluding hydrogens is 173 g/mol. The number of amidine groups is 1. The third-order valence-corrected chi connectivity index (χ3v) is 1.59. The lowest BCUT2D eigenvalue weighted by atomic mass is 10.2. The van der Waals surface area contributed by atoms with Crippen LogP contribution in [0.25, 0.3) is 0 Å². The highest BCUT2D eigenvalue weighted by atomic mass is 19.1. The summed E-state index contributed by atoms with van der Waals surface area (Å²) in [5.74, 6) is 4.78. The Morgan fingerprint density at radius 1 is 1.54 bits per heavy atom. The van der Waals surface area contributed by atoms with Crippen LogP contribution in [-0.2, 0) is 0 Å². The molecule has 1 aromatic rings. The summed E-state index contributed by atoms with van der Waals surface area (Å²) in [6.07, 6.45) is 0. The van der Waals surface area contributed by atoms with Gasteiger partial charge < -0.3 is 16.3 Å². The zero-order chi connectivity index (χ0) is 9.84. The molecule has 0 aliphatic heterocycles. The maximum absolute atomic E-state index is 13.2. The monoisotopic (exact) mass is 183 g/mol. The zero-order valence-corrected chi connectivity index (χ0v) is 7.12. The van der Waals surface area contributed by atoms with E-state index in [0.717, 1.165) is 0 Å². The summed E-state index contributed by atoms with van der Waals surface area (Å²) in [5.41, 5.74) is 5.50. The van der Waals surface area contributed by atoms with E-state index in [0.29, 0.717) is 5.75 Å². The van der Waals surface area contributed by atoms with Gasteiger partial charge in [-0.25, -0.2) is 4.39 Å². The van der Waals surface area contributed by atoms with Crippen LogP contribution in [0.15, 0.2) is 23.3 Å². The fourth-order valence-electron chi connectivity index (χ4n) is 0.900. The Morgan fingerprint density at radius 2 is 2.23 bits per heavy atom. The predicted octanol–water partition coefficient (Wildman–Crippen LogP) is 0.413. The van der Waals surface area contributed by atoms with Crippen LogP contribution in [-0.4, -0.2) is 12.9 Å². The van der Waals surface area contributed by atoms with Crippen molar-refractivity contribution >= 4 is 5.84 Å². The topological polar surface area (TPSA) is 73.6 Å². The number of rotatable bonds is 2. The molecule has 0 atom stereocenters. The summed E-state index contributed by atoms with van der Waals surface area (Å²) < 4.78 is 18.0. The number of nitrogens with two attached hydrogens (primary N) is 2. The van der Waals surface area contributed by atoms with Gasteiger partial charge in [0.25, 0.3) is 0 Å². The van der Waals surface area contributed by atoms with Crippen LogP contribution < -0.4 is 16.3 Å². The lowest BCUT2D eigenvalue weighted by Gasteiger charge is -2.03. The third-order valence-electron chi connectivity index (χ3n) is 1.59. The minimum atomic E-state index is -0.508. The summed E-state index contributed by atoms with van der Waals surface area (Å²) in [4.78, 5) is 0. The van der Waals surface area contributed by atoms with Gasteiger partial charge in [0.2, 0.25) is 0 Å². The summed E-state index contributed by atoms with van der Waals surface area (Å²) in [6, 6.07) is 4.25. The highest BCUT2D eigenvalue weighted by molar-refractivity contribution is 5.97. The first-order chi connectivity index (χ1) is 6.19. The molecule has 0 unspecified atom stereocenters. The van der Waals surface area contributed by atoms with Crippen LogP contribution >= 0.6 is 0 Å². The number of halogens is 1. The van der Waals surface area contributed by atoms with Gasteiger partial charge in [0.1, 0.15) is 11.6 Å². The van der Waals surface area contributed by atoms with E-state index in [1.54, 1.807) is 6.07 Å². The standard InChI is InChI=1S/C8H10FN3O/c1-13-5-2-3-6(7(9)4-5)8(10)12-11/h2-4H,11H2,1H3,(H2,10,12). The second-order valence-corrected chi connectivity index (χ2v) is 2.36. The van der Waals surface area contributed by atoms with E-state index in [9.17, 15) is 4.39 Å². The minimum absolute atomic E-state index is 0.0415. The minimum Gasteiger partial charge on any atom is -0.497 e. The molecule has 0 aliphatic carbocycles. The van der Waals surface area contributed by atoms with E-state index in [2.05, 4.69) is 5.10 Å². The maximum atomic E-state index is 13.2. The van der Waals surface area contributed by atoms with Gasteiger partial charge in [-0.3, -0.25) is 0 Å². The molecule has 0 amide bonds. The van der Waals surface area contributed by atoms with Crippen LogP contribution in [0.3, 0.4) is 0 Å². The molecule has 0 spiro atoms. The molecule has 4 nitrogen and oxygen atoms in total. The van der Waals surface area contributed by atoms with Crippen LogP contribution in [0.1, 0.15) is 5.56 Å². The zero-order valence-electron chi connectivity index (χ0n) is 7.12. The van der Waals surface area contributed by atoms with E-state index in [-0.39, 0.29) is 11.4 Å². The second kappa shape index (κ2) is 3.75. The van der Waals surface area contributed by atoms with E-state index in [1.165, 1.54) is 19.2 Å². The lowest BCUT2D eigenvalue weighted by Crippen LogP contribution is -2.17. The molecule has 13 heavy (non-hydrogen) atoms. The lowest BCUT2D eigenvalue weighted by molar-refractivity contribution is 0.411. The Hall–Kier alpha value is -1.78. The molecular formula is C8H10FN3O. The number of hydrogen-bond acceptors (Lipinski definition) is 3. The van der Waals surface area contributed by atoms with Crippen LogP contribution in [0.5, 0.6) is 5.75 Å². The smallest absolute Gasteiger partial charge is 0.153 e. The molecule has 0 heterocycles. The van der Waals surface area contributed by atoms with Crippen molar-refractivity contribution in [2.45, 2.75) is 0 Å². The van der Waals surface area contributed by atoms with Gasteiger partial charge in [-0.1, -0.05) is 0 Å². The van der Waals surface area contributed by atoms with Gasteiger partial charge in [-0.15, -0.1) is 0 Å². The van der Waals surface area contributed by atoms with Gasteiger partial charge in [0.15, 0.2) is 5.84 Å². The number of hydrogen-bond donors (Lipinski definition) is 2. The van der Waals surface area contributed by atoms with Crippen LogP contribution in [0.4, 0.5) is 4.39 Å². The number of nitrogens with zero attached hydrogens (tertiary/aromatic N) is 1. The first kappa shape index (κ1) is 9.31. The van der Waals surface area contributed by atoms with Gasteiger partial charge in [-0.05, 0) is 12.1 Å². The van der Waals surface area contributed by atoms with Gasteiger partial charge in [-0.2, -0.15) is 5.10 Å². The Kier molecular flexibility index (Phi) is 2.69.